The summed E-state index contributed by atoms with van der Waals surface area (Å²) in [5.74, 6) is 5.21. The van der Waals surface area contributed by atoms with Crippen LogP contribution in [0.5, 0.6) is 0 Å². The van der Waals surface area contributed by atoms with Gasteiger partial charge in [0.15, 0.2) is 0 Å². The third-order valence-corrected chi connectivity index (χ3v) is 1.76. The standard InChI is InChI=1S/C10H12N4O/c1-6-7(3-2-4-9(12)15)5-8(11)10(13)14-6/h5H,4,11H2,1H3,(H2,12,15)(H2,13,14). The summed E-state index contributed by atoms with van der Waals surface area (Å²) in [6.07, 6.45) is 0.0176. The van der Waals surface area contributed by atoms with Gasteiger partial charge in [0.05, 0.1) is 17.8 Å². The fourth-order valence-corrected chi connectivity index (χ4v) is 0.992. The van der Waals surface area contributed by atoms with Gasteiger partial charge in [-0.3, -0.25) is 4.79 Å². The number of rotatable bonds is 1. The van der Waals surface area contributed by atoms with E-state index in [0.717, 1.165) is 0 Å². The number of aryl methyl sites for hydroxylation is 1. The zero-order chi connectivity index (χ0) is 11.4. The molecule has 0 saturated heterocycles. The minimum absolute atomic E-state index is 0.0176. The number of primary amides is 1. The van der Waals surface area contributed by atoms with Crippen molar-refractivity contribution in [3.8, 4) is 11.8 Å². The minimum atomic E-state index is -0.462. The van der Waals surface area contributed by atoms with Gasteiger partial charge >= 0.3 is 0 Å². The van der Waals surface area contributed by atoms with Crippen LogP contribution in [0.4, 0.5) is 11.5 Å². The first-order valence-corrected chi connectivity index (χ1v) is 4.30. The topological polar surface area (TPSA) is 108 Å². The molecular formula is C10H12N4O. The van der Waals surface area contributed by atoms with E-state index in [2.05, 4.69) is 16.8 Å². The van der Waals surface area contributed by atoms with Crippen LogP contribution in [-0.4, -0.2) is 10.9 Å². The van der Waals surface area contributed by atoms with Crippen molar-refractivity contribution in [2.75, 3.05) is 11.5 Å². The third-order valence-electron chi connectivity index (χ3n) is 1.76. The number of aromatic nitrogens is 1. The molecule has 0 bridgehead atoms. The molecule has 0 fully saturated rings. The van der Waals surface area contributed by atoms with Gasteiger partial charge in [-0.05, 0) is 13.0 Å². The van der Waals surface area contributed by atoms with E-state index in [0.29, 0.717) is 16.9 Å². The number of anilines is 2. The Balaban J connectivity index is 2.98. The van der Waals surface area contributed by atoms with Gasteiger partial charge in [-0.15, -0.1) is 0 Å². The predicted molar refractivity (Wildman–Crippen MR) is 58.5 cm³/mol. The second-order valence-electron chi connectivity index (χ2n) is 3.04. The van der Waals surface area contributed by atoms with Crippen molar-refractivity contribution in [2.24, 2.45) is 5.73 Å². The lowest BCUT2D eigenvalue weighted by Crippen LogP contribution is -2.08. The Morgan fingerprint density at radius 1 is 1.53 bits per heavy atom. The molecule has 0 saturated carbocycles. The number of pyridine rings is 1. The highest BCUT2D eigenvalue weighted by Crippen LogP contribution is 2.15. The summed E-state index contributed by atoms with van der Waals surface area (Å²) < 4.78 is 0. The number of nitrogen functional groups attached to an aromatic ring is 2. The molecule has 0 spiro atoms. The van der Waals surface area contributed by atoms with Crippen LogP contribution in [-0.2, 0) is 4.79 Å². The molecule has 0 aliphatic heterocycles. The third kappa shape index (κ3) is 2.88. The van der Waals surface area contributed by atoms with Crippen molar-refractivity contribution >= 4 is 17.4 Å². The molecule has 1 heterocycles. The van der Waals surface area contributed by atoms with Crippen molar-refractivity contribution in [3.05, 3.63) is 17.3 Å². The molecule has 1 amide bonds. The zero-order valence-corrected chi connectivity index (χ0v) is 8.37. The molecular weight excluding hydrogens is 192 g/mol. The van der Waals surface area contributed by atoms with Gasteiger partial charge in [-0.2, -0.15) is 0 Å². The summed E-state index contributed by atoms with van der Waals surface area (Å²) in [5, 5.41) is 0. The van der Waals surface area contributed by atoms with E-state index in [-0.39, 0.29) is 12.2 Å². The van der Waals surface area contributed by atoms with Crippen molar-refractivity contribution in [1.82, 2.24) is 4.98 Å². The maximum atomic E-state index is 10.5. The van der Waals surface area contributed by atoms with E-state index >= 15 is 0 Å². The number of carbonyl (C=O) groups excluding carboxylic acids is 1. The van der Waals surface area contributed by atoms with E-state index in [1.807, 2.05) is 0 Å². The molecule has 5 nitrogen and oxygen atoms in total. The van der Waals surface area contributed by atoms with Crippen molar-refractivity contribution < 1.29 is 4.79 Å². The van der Waals surface area contributed by atoms with E-state index in [4.69, 9.17) is 17.2 Å². The van der Waals surface area contributed by atoms with E-state index in [1.165, 1.54) is 0 Å². The normalized spacial score (nSPS) is 9.13. The Labute approximate surface area is 87.7 Å². The van der Waals surface area contributed by atoms with Gasteiger partial charge in [0, 0.05) is 5.56 Å². The fourth-order valence-electron chi connectivity index (χ4n) is 0.992. The molecule has 5 heteroatoms. The summed E-state index contributed by atoms with van der Waals surface area (Å²) in [6, 6.07) is 1.63. The number of nitrogens with zero attached hydrogens (tertiary/aromatic N) is 1. The highest BCUT2D eigenvalue weighted by molar-refractivity contribution is 5.76. The lowest BCUT2D eigenvalue weighted by molar-refractivity contribution is -0.117. The Hall–Kier alpha value is -2.22. The van der Waals surface area contributed by atoms with Crippen LogP contribution in [0.2, 0.25) is 0 Å². The fraction of sp³-hybridized carbons (Fsp3) is 0.200. The second kappa shape index (κ2) is 4.33. The van der Waals surface area contributed by atoms with Crippen LogP contribution in [0.25, 0.3) is 0 Å². The van der Waals surface area contributed by atoms with Crippen LogP contribution in [0.3, 0.4) is 0 Å². The van der Waals surface area contributed by atoms with Gasteiger partial charge in [0.1, 0.15) is 5.82 Å². The van der Waals surface area contributed by atoms with Crippen LogP contribution >= 0.6 is 0 Å². The van der Waals surface area contributed by atoms with Crippen LogP contribution in [0.15, 0.2) is 6.07 Å². The maximum Gasteiger partial charge on any atom is 0.229 e. The zero-order valence-electron chi connectivity index (χ0n) is 8.37. The molecule has 1 aromatic rings. The molecule has 0 aliphatic carbocycles. The molecule has 15 heavy (non-hydrogen) atoms. The highest BCUT2D eigenvalue weighted by Gasteiger charge is 2.01. The summed E-state index contributed by atoms with van der Waals surface area (Å²) in [4.78, 5) is 14.5. The maximum absolute atomic E-state index is 10.5. The first-order valence-electron chi connectivity index (χ1n) is 4.30. The number of nitrogens with two attached hydrogens (primary N) is 3. The van der Waals surface area contributed by atoms with Crippen molar-refractivity contribution in [3.63, 3.8) is 0 Å². The summed E-state index contributed by atoms with van der Waals surface area (Å²) >= 11 is 0. The molecule has 1 aromatic heterocycles. The van der Waals surface area contributed by atoms with Crippen molar-refractivity contribution in [1.29, 1.82) is 0 Å². The average molecular weight is 204 g/mol. The van der Waals surface area contributed by atoms with Gasteiger partial charge in [-0.1, -0.05) is 11.8 Å². The quantitative estimate of drug-likeness (QED) is 0.549. The Morgan fingerprint density at radius 2 is 2.20 bits per heavy atom. The molecule has 0 aromatic carbocycles. The highest BCUT2D eigenvalue weighted by atomic mass is 16.1. The Morgan fingerprint density at radius 3 is 2.80 bits per heavy atom. The first kappa shape index (κ1) is 10.9. The first-order chi connectivity index (χ1) is 7.00. The van der Waals surface area contributed by atoms with Crippen LogP contribution in [0.1, 0.15) is 17.7 Å². The van der Waals surface area contributed by atoms with E-state index in [9.17, 15) is 4.79 Å². The predicted octanol–water partition coefficient (Wildman–Crippen LogP) is -0.219. The largest absolute Gasteiger partial charge is 0.396 e. The summed E-state index contributed by atoms with van der Waals surface area (Å²) in [5.41, 5.74) is 17.7. The van der Waals surface area contributed by atoms with Gasteiger partial charge in [0.25, 0.3) is 0 Å². The molecule has 6 N–H and O–H groups in total. The average Bonchev–Trinajstić information content (AvgIpc) is 2.13. The summed E-state index contributed by atoms with van der Waals surface area (Å²) in [6.45, 7) is 1.77. The van der Waals surface area contributed by atoms with Crippen molar-refractivity contribution in [2.45, 2.75) is 13.3 Å². The van der Waals surface area contributed by atoms with Crippen LogP contribution in [0, 0.1) is 18.8 Å². The Bertz CT molecular complexity index is 456. The van der Waals surface area contributed by atoms with E-state index < -0.39 is 5.91 Å². The monoisotopic (exact) mass is 204 g/mol. The molecule has 1 rings (SSSR count). The molecule has 0 atom stereocenters. The number of hydrogen-bond donors (Lipinski definition) is 3. The lowest BCUT2D eigenvalue weighted by atomic mass is 10.2. The second-order valence-corrected chi connectivity index (χ2v) is 3.04. The van der Waals surface area contributed by atoms with E-state index in [1.54, 1.807) is 13.0 Å². The number of hydrogen-bond acceptors (Lipinski definition) is 4. The minimum Gasteiger partial charge on any atom is -0.396 e. The number of amides is 1. The SMILES string of the molecule is Cc1nc(N)c(N)cc1C#CCC(N)=O. The Kier molecular flexibility index (Phi) is 3.13. The van der Waals surface area contributed by atoms with Crippen LogP contribution < -0.4 is 17.2 Å². The van der Waals surface area contributed by atoms with Gasteiger partial charge < -0.3 is 17.2 Å². The van der Waals surface area contributed by atoms with Gasteiger partial charge in [-0.25, -0.2) is 4.98 Å². The number of carbonyl (C=O) groups is 1. The molecule has 78 valence electrons. The smallest absolute Gasteiger partial charge is 0.229 e. The molecule has 0 radical (unpaired) electrons. The molecule has 0 aliphatic rings. The van der Waals surface area contributed by atoms with Gasteiger partial charge in [0.2, 0.25) is 5.91 Å². The summed E-state index contributed by atoms with van der Waals surface area (Å²) in [7, 11) is 0. The molecule has 0 unspecified atom stereocenters. The lowest BCUT2D eigenvalue weighted by Gasteiger charge is -2.02.